The number of aryl methyl sites for hydroxylation is 1. The van der Waals surface area contributed by atoms with Crippen LogP contribution in [0.5, 0.6) is 17.2 Å². The second kappa shape index (κ2) is 8.76. The number of nitrogens with one attached hydrogen (secondary N) is 1. The second-order valence-corrected chi connectivity index (χ2v) is 8.72. The Balaban J connectivity index is 1.50. The van der Waals surface area contributed by atoms with Crippen molar-refractivity contribution in [3.63, 3.8) is 0 Å². The first-order valence-corrected chi connectivity index (χ1v) is 10.7. The van der Waals surface area contributed by atoms with Crippen molar-refractivity contribution in [2.45, 2.75) is 23.6 Å². The number of anilines is 1. The minimum absolute atomic E-state index is 0.0100. The summed E-state index contributed by atoms with van der Waals surface area (Å²) < 4.78 is 18.2. The quantitative estimate of drug-likeness (QED) is 0.553. The summed E-state index contributed by atoms with van der Waals surface area (Å²) in [6.07, 6.45) is 1.54. The predicted molar refractivity (Wildman–Crippen MR) is 113 cm³/mol. The van der Waals surface area contributed by atoms with E-state index >= 15 is 0 Å². The minimum Gasteiger partial charge on any atom is -0.491 e. The predicted octanol–water partition coefficient (Wildman–Crippen LogP) is 2.68. The first-order chi connectivity index (χ1) is 14.5. The molecule has 0 bridgehead atoms. The highest BCUT2D eigenvalue weighted by molar-refractivity contribution is 8.00. The maximum Gasteiger partial charge on any atom is 0.244 e. The van der Waals surface area contributed by atoms with Crippen molar-refractivity contribution in [1.82, 2.24) is 14.8 Å². The second-order valence-electron chi connectivity index (χ2n) is 6.32. The van der Waals surface area contributed by atoms with Gasteiger partial charge in [0, 0.05) is 29.3 Å². The van der Waals surface area contributed by atoms with Crippen LogP contribution < -0.4 is 25.0 Å². The number of hydrogen-bond donors (Lipinski definition) is 1. The molecule has 1 N–H and O–H groups in total. The van der Waals surface area contributed by atoms with Gasteiger partial charge in [0.05, 0.1) is 13.3 Å². The Morgan fingerprint density at radius 3 is 2.90 bits per heavy atom. The van der Waals surface area contributed by atoms with Crippen LogP contribution in [0.2, 0.25) is 0 Å². The number of thioether (sulfide) groups is 1. The number of rotatable bonds is 7. The molecular formula is C19H18N4O5S2. The van der Waals surface area contributed by atoms with Gasteiger partial charge >= 0.3 is 0 Å². The molecule has 0 saturated heterocycles. The molecule has 0 fully saturated rings. The Morgan fingerprint density at radius 2 is 2.13 bits per heavy atom. The summed E-state index contributed by atoms with van der Waals surface area (Å²) in [6, 6.07) is 6.67. The van der Waals surface area contributed by atoms with Crippen molar-refractivity contribution >= 4 is 34.7 Å². The van der Waals surface area contributed by atoms with E-state index in [2.05, 4.69) is 15.5 Å². The Labute approximate surface area is 180 Å². The van der Waals surface area contributed by atoms with Crippen LogP contribution in [-0.4, -0.2) is 34.6 Å². The van der Waals surface area contributed by atoms with Gasteiger partial charge in [-0.2, -0.15) is 0 Å². The lowest BCUT2D eigenvalue weighted by Crippen LogP contribution is -2.22. The molecular weight excluding hydrogens is 428 g/mol. The molecule has 0 saturated carbocycles. The third kappa shape index (κ3) is 4.57. The summed E-state index contributed by atoms with van der Waals surface area (Å²) in [6.45, 7) is 2.06. The molecule has 0 spiro atoms. The van der Waals surface area contributed by atoms with E-state index < -0.39 is 0 Å². The van der Waals surface area contributed by atoms with Crippen LogP contribution in [0, 0.1) is 6.92 Å². The molecule has 156 valence electrons. The highest BCUT2D eigenvalue weighted by Crippen LogP contribution is 2.34. The van der Waals surface area contributed by atoms with Gasteiger partial charge in [-0.25, -0.2) is 0 Å². The van der Waals surface area contributed by atoms with Crippen molar-refractivity contribution < 1.29 is 19.0 Å². The van der Waals surface area contributed by atoms with E-state index in [1.54, 1.807) is 29.0 Å². The fourth-order valence-electron chi connectivity index (χ4n) is 2.82. The maximum absolute atomic E-state index is 12.6. The van der Waals surface area contributed by atoms with Crippen LogP contribution in [0.3, 0.4) is 0 Å². The van der Waals surface area contributed by atoms with E-state index in [0.29, 0.717) is 28.6 Å². The van der Waals surface area contributed by atoms with Gasteiger partial charge in [0.1, 0.15) is 11.6 Å². The Bertz CT molecular complexity index is 1140. The van der Waals surface area contributed by atoms with E-state index in [1.807, 2.05) is 6.92 Å². The zero-order valence-corrected chi connectivity index (χ0v) is 17.8. The number of ether oxygens (including phenoxy) is 3. The molecule has 0 atom stereocenters. The molecule has 0 unspecified atom stereocenters. The molecule has 1 aromatic carbocycles. The Morgan fingerprint density at radius 1 is 1.30 bits per heavy atom. The highest BCUT2D eigenvalue weighted by Gasteiger charge is 2.16. The summed E-state index contributed by atoms with van der Waals surface area (Å²) in [5, 5.41) is 11.8. The van der Waals surface area contributed by atoms with Gasteiger partial charge in [0.2, 0.25) is 18.1 Å². The van der Waals surface area contributed by atoms with Crippen molar-refractivity contribution in [3.05, 3.63) is 51.4 Å². The first-order valence-electron chi connectivity index (χ1n) is 8.91. The summed E-state index contributed by atoms with van der Waals surface area (Å²) in [7, 11) is 1.42. The number of amides is 1. The third-order valence-electron chi connectivity index (χ3n) is 4.22. The van der Waals surface area contributed by atoms with Crippen LogP contribution in [0.15, 0.2) is 39.6 Å². The first kappa shape index (κ1) is 20.2. The zero-order chi connectivity index (χ0) is 21.1. The topological polar surface area (TPSA) is 105 Å². The lowest BCUT2D eigenvalue weighted by molar-refractivity contribution is -0.116. The van der Waals surface area contributed by atoms with E-state index in [-0.39, 0.29) is 30.4 Å². The number of benzene rings is 1. The summed E-state index contributed by atoms with van der Waals surface area (Å²) in [5.74, 6) is 1.61. The van der Waals surface area contributed by atoms with Crippen molar-refractivity contribution in [3.8, 4) is 17.2 Å². The van der Waals surface area contributed by atoms with E-state index in [0.717, 1.165) is 9.35 Å². The van der Waals surface area contributed by atoms with Gasteiger partial charge in [-0.15, -0.1) is 10.2 Å². The molecule has 2 aromatic heterocycles. The number of carbonyl (C=O) groups excluding carboxylic acids is 1. The average Bonchev–Trinajstić information content (AvgIpc) is 3.36. The molecule has 9 nitrogen and oxygen atoms in total. The zero-order valence-electron chi connectivity index (χ0n) is 16.2. The standard InChI is InChI=1S/C19H18N4O5S2/c1-11-21-22-19(30-11)29-9-13-6-14(24)17(26-2)7-23(13)8-18(25)20-12-3-4-15-16(5-12)28-10-27-15/h3-7H,8-10H2,1-2H3,(H,20,25). The molecule has 0 aliphatic carbocycles. The average molecular weight is 447 g/mol. The van der Waals surface area contributed by atoms with Gasteiger partial charge in [-0.3, -0.25) is 9.59 Å². The molecule has 30 heavy (non-hydrogen) atoms. The van der Waals surface area contributed by atoms with Gasteiger partial charge < -0.3 is 24.1 Å². The largest absolute Gasteiger partial charge is 0.491 e. The number of fused-ring (bicyclic) bond motifs is 1. The Hall–Kier alpha value is -3.05. The Kier molecular flexibility index (Phi) is 5.91. The highest BCUT2D eigenvalue weighted by atomic mass is 32.2. The van der Waals surface area contributed by atoms with Gasteiger partial charge in [0.15, 0.2) is 21.6 Å². The van der Waals surface area contributed by atoms with Crippen molar-refractivity contribution in [2.75, 3.05) is 19.2 Å². The van der Waals surface area contributed by atoms with Gasteiger partial charge in [-0.1, -0.05) is 23.1 Å². The van der Waals surface area contributed by atoms with Gasteiger partial charge in [-0.05, 0) is 19.1 Å². The molecule has 4 rings (SSSR count). The lowest BCUT2D eigenvalue weighted by atomic mass is 10.2. The smallest absolute Gasteiger partial charge is 0.244 e. The number of nitrogens with zero attached hydrogens (tertiary/aromatic N) is 3. The third-order valence-corrected chi connectivity index (χ3v) is 6.23. The van der Waals surface area contributed by atoms with Crippen LogP contribution in [0.4, 0.5) is 5.69 Å². The summed E-state index contributed by atoms with van der Waals surface area (Å²) in [4.78, 5) is 24.9. The maximum atomic E-state index is 12.6. The van der Waals surface area contributed by atoms with Gasteiger partial charge in [0.25, 0.3) is 0 Å². The fraction of sp³-hybridized carbons (Fsp3) is 0.263. The van der Waals surface area contributed by atoms with Crippen molar-refractivity contribution in [1.29, 1.82) is 0 Å². The molecule has 1 amide bonds. The van der Waals surface area contributed by atoms with E-state index in [4.69, 9.17) is 14.2 Å². The molecule has 1 aliphatic rings. The lowest BCUT2D eigenvalue weighted by Gasteiger charge is -2.14. The molecule has 0 radical (unpaired) electrons. The van der Waals surface area contributed by atoms with Crippen LogP contribution in [-0.2, 0) is 17.1 Å². The monoisotopic (exact) mass is 446 g/mol. The molecule has 3 aromatic rings. The SMILES string of the molecule is COc1cn(CC(=O)Nc2ccc3c(c2)OCO3)c(CSc2nnc(C)s2)cc1=O. The van der Waals surface area contributed by atoms with E-state index in [1.165, 1.54) is 36.3 Å². The van der Waals surface area contributed by atoms with Crippen molar-refractivity contribution in [2.24, 2.45) is 0 Å². The molecule has 11 heteroatoms. The number of methoxy groups -OCH3 is 1. The van der Waals surface area contributed by atoms with Crippen LogP contribution in [0.25, 0.3) is 0 Å². The van der Waals surface area contributed by atoms with Crippen LogP contribution in [0.1, 0.15) is 10.7 Å². The number of aromatic nitrogens is 3. The molecule has 3 heterocycles. The summed E-state index contributed by atoms with van der Waals surface area (Å²) in [5.41, 5.74) is 1.03. The normalized spacial score (nSPS) is 12.1. The summed E-state index contributed by atoms with van der Waals surface area (Å²) >= 11 is 2.93. The van der Waals surface area contributed by atoms with E-state index in [9.17, 15) is 9.59 Å². The minimum atomic E-state index is -0.252. The molecule has 1 aliphatic heterocycles. The number of pyridine rings is 1. The number of carbonyl (C=O) groups is 1. The number of hydrogen-bond acceptors (Lipinski definition) is 9. The fourth-order valence-corrected chi connectivity index (χ4v) is 4.63. The van der Waals surface area contributed by atoms with Crippen LogP contribution >= 0.6 is 23.1 Å².